The summed E-state index contributed by atoms with van der Waals surface area (Å²) >= 11 is 0. The molecule has 1 amide bonds. The van der Waals surface area contributed by atoms with Crippen LogP contribution in [0.1, 0.15) is 46.0 Å². The first-order valence-corrected chi connectivity index (χ1v) is 9.12. The van der Waals surface area contributed by atoms with E-state index >= 15 is 0 Å². The van der Waals surface area contributed by atoms with E-state index in [1.54, 1.807) is 0 Å². The molecule has 0 aromatic heterocycles. The van der Waals surface area contributed by atoms with Crippen LogP contribution in [-0.4, -0.2) is 22.3 Å². The largest absolute Gasteiger partial charge is 0.512 e. The highest BCUT2D eigenvalue weighted by Crippen LogP contribution is 2.63. The molecular formula is C20H27NO3. The monoisotopic (exact) mass is 329 g/mol. The highest BCUT2D eigenvalue weighted by molar-refractivity contribution is 5.65. The molecule has 0 aliphatic heterocycles. The maximum absolute atomic E-state index is 10.9. The Morgan fingerprint density at radius 1 is 1.25 bits per heavy atom. The van der Waals surface area contributed by atoms with Crippen molar-refractivity contribution >= 4 is 6.09 Å². The Morgan fingerprint density at radius 2 is 2.04 bits per heavy atom. The van der Waals surface area contributed by atoms with Gasteiger partial charge in [-0.3, -0.25) is 0 Å². The Bertz CT molecular complexity index is 664. The molecule has 6 atom stereocenters. The van der Waals surface area contributed by atoms with Crippen LogP contribution in [-0.2, 0) is 0 Å². The van der Waals surface area contributed by atoms with Crippen molar-refractivity contribution in [3.05, 3.63) is 35.6 Å². The van der Waals surface area contributed by atoms with Gasteiger partial charge in [0.2, 0.25) is 0 Å². The number of amides is 1. The van der Waals surface area contributed by atoms with Crippen LogP contribution in [0.2, 0.25) is 0 Å². The first-order valence-electron chi connectivity index (χ1n) is 9.12. The summed E-state index contributed by atoms with van der Waals surface area (Å²) in [5.41, 5.74) is 1.40. The van der Waals surface area contributed by atoms with Crippen LogP contribution in [0.5, 0.6) is 0 Å². The molecule has 0 spiro atoms. The van der Waals surface area contributed by atoms with Gasteiger partial charge in [-0.2, -0.15) is 0 Å². The number of carbonyl (C=O) groups is 1. The van der Waals surface area contributed by atoms with Gasteiger partial charge in [0.05, 0.1) is 11.8 Å². The predicted molar refractivity (Wildman–Crippen MR) is 92.7 cm³/mol. The Morgan fingerprint density at radius 3 is 2.79 bits per heavy atom. The quantitative estimate of drug-likeness (QED) is 0.624. The van der Waals surface area contributed by atoms with E-state index in [1.807, 2.05) is 12.2 Å². The van der Waals surface area contributed by atoms with Gasteiger partial charge in [-0.15, -0.1) is 0 Å². The molecule has 0 aromatic carbocycles. The Balaban J connectivity index is 1.63. The maximum atomic E-state index is 10.9. The van der Waals surface area contributed by atoms with Crippen LogP contribution in [0.3, 0.4) is 0 Å². The van der Waals surface area contributed by atoms with Crippen LogP contribution in [0.25, 0.3) is 0 Å². The second-order valence-electron chi connectivity index (χ2n) is 8.53. The molecule has 4 heteroatoms. The molecule has 24 heavy (non-hydrogen) atoms. The molecule has 1 saturated carbocycles. The standard InChI is InChI=1S/C20H27NO3/c1-19-9-7-13(21-18(23)24)11-12(19)3-4-14-15-5-6-17(22)20(15,2)10-8-16(14)19/h3,6-7,9,13-16,21-22H,4-5,8,10-11H2,1-2H3,(H,23,24)/t13?,14?,15?,16?,19-,20-/m0/s1. The summed E-state index contributed by atoms with van der Waals surface area (Å²) in [5.74, 6) is 2.34. The van der Waals surface area contributed by atoms with E-state index in [2.05, 4.69) is 31.3 Å². The lowest BCUT2D eigenvalue weighted by Crippen LogP contribution is -2.49. The summed E-state index contributed by atoms with van der Waals surface area (Å²) in [5, 5.41) is 21.9. The van der Waals surface area contributed by atoms with Gasteiger partial charge in [-0.25, -0.2) is 4.79 Å². The van der Waals surface area contributed by atoms with Crippen molar-refractivity contribution in [3.63, 3.8) is 0 Å². The molecule has 0 bridgehead atoms. The van der Waals surface area contributed by atoms with E-state index in [4.69, 9.17) is 5.11 Å². The fourth-order valence-electron chi connectivity index (χ4n) is 6.05. The molecule has 4 aliphatic carbocycles. The number of aliphatic hydroxyl groups is 1. The highest BCUT2D eigenvalue weighted by Gasteiger charge is 2.56. The molecule has 4 rings (SSSR count). The molecular weight excluding hydrogens is 302 g/mol. The van der Waals surface area contributed by atoms with Crippen molar-refractivity contribution in [1.82, 2.24) is 5.32 Å². The van der Waals surface area contributed by atoms with Gasteiger partial charge in [0.15, 0.2) is 0 Å². The smallest absolute Gasteiger partial charge is 0.405 e. The SMILES string of the molecule is C[C@]12C=CC(NC(=O)O)CC1=CCC1C2CC[C@]2(C)C(O)=CCC12. The van der Waals surface area contributed by atoms with Gasteiger partial charge in [-0.05, 0) is 55.9 Å². The number of allylic oxidation sites excluding steroid dienone is 4. The fraction of sp³-hybridized carbons (Fsp3) is 0.650. The third-order valence-electron chi connectivity index (χ3n) is 7.50. The number of fused-ring (bicyclic) bond motifs is 5. The van der Waals surface area contributed by atoms with Gasteiger partial charge in [0.25, 0.3) is 0 Å². The highest BCUT2D eigenvalue weighted by atomic mass is 16.4. The number of rotatable bonds is 1. The van der Waals surface area contributed by atoms with E-state index in [0.29, 0.717) is 23.5 Å². The summed E-state index contributed by atoms with van der Waals surface area (Å²) in [4.78, 5) is 10.9. The average molecular weight is 329 g/mol. The summed E-state index contributed by atoms with van der Waals surface area (Å²) < 4.78 is 0. The molecule has 0 radical (unpaired) electrons. The van der Waals surface area contributed by atoms with Gasteiger partial charge >= 0.3 is 6.09 Å². The number of hydrogen-bond acceptors (Lipinski definition) is 2. The van der Waals surface area contributed by atoms with E-state index in [9.17, 15) is 9.90 Å². The molecule has 0 heterocycles. The number of carboxylic acid groups (broad SMARTS) is 1. The molecule has 4 nitrogen and oxygen atoms in total. The maximum Gasteiger partial charge on any atom is 0.405 e. The second-order valence-corrected chi connectivity index (χ2v) is 8.53. The first kappa shape index (κ1) is 15.8. The summed E-state index contributed by atoms with van der Waals surface area (Å²) in [6.07, 6.45) is 12.8. The minimum absolute atomic E-state index is 0.0331. The molecule has 0 aromatic rings. The van der Waals surface area contributed by atoms with Crippen LogP contribution in [0, 0.1) is 28.6 Å². The molecule has 130 valence electrons. The van der Waals surface area contributed by atoms with Crippen LogP contribution in [0.4, 0.5) is 4.79 Å². The minimum atomic E-state index is -0.955. The zero-order valence-corrected chi connectivity index (χ0v) is 14.5. The number of hydrogen-bond donors (Lipinski definition) is 3. The summed E-state index contributed by atoms with van der Waals surface area (Å²) in [6, 6.07) is -0.107. The summed E-state index contributed by atoms with van der Waals surface area (Å²) in [7, 11) is 0. The second kappa shape index (κ2) is 5.14. The molecule has 0 saturated heterocycles. The molecule has 3 N–H and O–H groups in total. The molecule has 4 unspecified atom stereocenters. The van der Waals surface area contributed by atoms with Crippen molar-refractivity contribution in [2.75, 3.05) is 0 Å². The van der Waals surface area contributed by atoms with Gasteiger partial charge in [-0.1, -0.05) is 37.6 Å². The van der Waals surface area contributed by atoms with Crippen molar-refractivity contribution in [1.29, 1.82) is 0 Å². The third-order valence-corrected chi connectivity index (χ3v) is 7.50. The normalized spacial score (nSPS) is 46.2. The van der Waals surface area contributed by atoms with Gasteiger partial charge in [0.1, 0.15) is 0 Å². The van der Waals surface area contributed by atoms with E-state index in [0.717, 1.165) is 32.1 Å². The lowest BCUT2D eigenvalue weighted by molar-refractivity contribution is -0.00869. The van der Waals surface area contributed by atoms with Crippen LogP contribution < -0.4 is 5.32 Å². The van der Waals surface area contributed by atoms with Gasteiger partial charge < -0.3 is 15.5 Å². The van der Waals surface area contributed by atoms with Gasteiger partial charge in [0, 0.05) is 10.8 Å². The van der Waals surface area contributed by atoms with E-state index in [-0.39, 0.29) is 16.9 Å². The Hall–Kier alpha value is -1.71. The van der Waals surface area contributed by atoms with Crippen molar-refractivity contribution in [3.8, 4) is 0 Å². The van der Waals surface area contributed by atoms with Crippen molar-refractivity contribution in [2.24, 2.45) is 28.6 Å². The van der Waals surface area contributed by atoms with E-state index in [1.165, 1.54) is 5.57 Å². The van der Waals surface area contributed by atoms with Crippen LogP contribution in [0.15, 0.2) is 35.6 Å². The lowest BCUT2D eigenvalue weighted by Gasteiger charge is -2.55. The first-order chi connectivity index (χ1) is 11.3. The van der Waals surface area contributed by atoms with E-state index < -0.39 is 6.09 Å². The topological polar surface area (TPSA) is 69.6 Å². The molecule has 4 aliphatic rings. The minimum Gasteiger partial charge on any atom is -0.512 e. The number of nitrogens with one attached hydrogen (secondary N) is 1. The fourth-order valence-corrected chi connectivity index (χ4v) is 6.05. The van der Waals surface area contributed by atoms with Crippen molar-refractivity contribution < 1.29 is 15.0 Å². The number of aliphatic hydroxyl groups excluding tert-OH is 1. The Labute approximate surface area is 143 Å². The predicted octanol–water partition coefficient (Wildman–Crippen LogP) is 4.41. The van der Waals surface area contributed by atoms with Crippen LogP contribution >= 0.6 is 0 Å². The lowest BCUT2D eigenvalue weighted by atomic mass is 9.49. The van der Waals surface area contributed by atoms with Crippen molar-refractivity contribution in [2.45, 2.75) is 52.0 Å². The zero-order chi connectivity index (χ0) is 17.1. The average Bonchev–Trinajstić information content (AvgIpc) is 2.83. The molecule has 1 fully saturated rings. The summed E-state index contributed by atoms with van der Waals surface area (Å²) in [6.45, 7) is 4.56. The third kappa shape index (κ3) is 2.08. The zero-order valence-electron chi connectivity index (χ0n) is 14.5. The Kier molecular flexibility index (Phi) is 3.38.